The van der Waals surface area contributed by atoms with Gasteiger partial charge >= 0.3 is 0 Å². The largest absolute Gasteiger partial charge is 0.481 e. The molecule has 1 aromatic carbocycles. The van der Waals surface area contributed by atoms with Crippen molar-refractivity contribution in [3.63, 3.8) is 0 Å². The molecule has 0 fully saturated rings. The van der Waals surface area contributed by atoms with Crippen molar-refractivity contribution in [2.45, 2.75) is 18.7 Å². The van der Waals surface area contributed by atoms with Gasteiger partial charge < -0.3 is 9.64 Å². The zero-order valence-corrected chi connectivity index (χ0v) is 15.6. The zero-order valence-electron chi connectivity index (χ0n) is 12.0. The molecule has 1 aromatic rings. The number of carbonyl (C=O) groups is 1. The van der Waals surface area contributed by atoms with Crippen LogP contribution in [0, 0.1) is 17.9 Å². The summed E-state index contributed by atoms with van der Waals surface area (Å²) in [7, 11) is 1.71. The summed E-state index contributed by atoms with van der Waals surface area (Å²) in [6.07, 6.45) is 3.60. The molecule has 1 amide bonds. The maximum Gasteiger partial charge on any atom is 0.240 e. The van der Waals surface area contributed by atoms with E-state index in [0.717, 1.165) is 17.0 Å². The Balaban J connectivity index is 0.00000220. The molecule has 0 N–H and O–H groups in total. The maximum absolute atomic E-state index is 11.8. The van der Waals surface area contributed by atoms with Gasteiger partial charge in [-0.15, -0.1) is 35.4 Å². The van der Waals surface area contributed by atoms with Gasteiger partial charge in [0.15, 0.2) is 0 Å². The number of carbonyl (C=O) groups excluding carboxylic acids is 1. The molecule has 0 saturated heterocycles. The number of nitrogens with zero attached hydrogens (tertiary/aromatic N) is 1. The van der Waals surface area contributed by atoms with Crippen molar-refractivity contribution in [2.24, 2.45) is 0 Å². The quantitative estimate of drug-likeness (QED) is 0.460. The summed E-state index contributed by atoms with van der Waals surface area (Å²) in [5.74, 6) is 6.25. The molecule has 0 bridgehead atoms. The minimum Gasteiger partial charge on any atom is -0.481 e. The second-order valence-corrected chi connectivity index (χ2v) is 4.86. The summed E-state index contributed by atoms with van der Waals surface area (Å²) in [6, 6.07) is 7.50. The predicted molar refractivity (Wildman–Crippen MR) is 79.1 cm³/mol. The number of rotatable bonds is 3. The topological polar surface area (TPSA) is 29.5 Å². The zero-order chi connectivity index (χ0) is 14.5. The molecule has 1 atom stereocenters. The standard InChI is InChI=1S/C16H15ClNO2.Y/c1-3-4-11-20-13-7-5-12(6-8-13)15-10-9-14(17)16(19)18(15)2;/h5-8,14H,9,11H2,1-2H3;/q-1;. The maximum atomic E-state index is 11.8. The monoisotopic (exact) mass is 377 g/mol. The van der Waals surface area contributed by atoms with Crippen molar-refractivity contribution in [2.75, 3.05) is 13.7 Å². The minimum atomic E-state index is -0.515. The Kier molecular flexibility index (Phi) is 7.45. The number of halogens is 1. The normalized spacial score (nSPS) is 17.3. The number of hydrogen-bond acceptors (Lipinski definition) is 2. The smallest absolute Gasteiger partial charge is 0.240 e. The summed E-state index contributed by atoms with van der Waals surface area (Å²) in [6.45, 7) is 2.14. The number of allylic oxidation sites excluding steroid dienone is 1. The van der Waals surface area contributed by atoms with Crippen molar-refractivity contribution >= 4 is 23.2 Å². The van der Waals surface area contributed by atoms with E-state index in [2.05, 4.69) is 17.9 Å². The van der Waals surface area contributed by atoms with Gasteiger partial charge in [0, 0.05) is 39.8 Å². The van der Waals surface area contributed by atoms with E-state index in [1.54, 1.807) is 18.9 Å². The van der Waals surface area contributed by atoms with Gasteiger partial charge in [0.05, 0.1) is 0 Å². The summed E-state index contributed by atoms with van der Waals surface area (Å²) < 4.78 is 5.45. The molecule has 0 saturated carbocycles. The Labute approximate surface area is 155 Å². The molecule has 1 unspecified atom stereocenters. The summed E-state index contributed by atoms with van der Waals surface area (Å²) >= 11 is 5.91. The van der Waals surface area contributed by atoms with E-state index >= 15 is 0 Å². The van der Waals surface area contributed by atoms with Crippen molar-refractivity contribution < 1.29 is 42.2 Å². The van der Waals surface area contributed by atoms with Gasteiger partial charge in [-0.2, -0.15) is 5.56 Å². The Morgan fingerprint density at radius 3 is 2.71 bits per heavy atom. The molecule has 3 nitrogen and oxygen atoms in total. The van der Waals surface area contributed by atoms with E-state index in [4.69, 9.17) is 16.3 Å². The van der Waals surface area contributed by atoms with Gasteiger partial charge in [0.2, 0.25) is 5.91 Å². The van der Waals surface area contributed by atoms with Gasteiger partial charge in [-0.05, 0) is 19.1 Å². The van der Waals surface area contributed by atoms with E-state index < -0.39 is 5.38 Å². The van der Waals surface area contributed by atoms with Crippen molar-refractivity contribution in [1.29, 1.82) is 0 Å². The predicted octanol–water partition coefficient (Wildman–Crippen LogP) is 2.70. The van der Waals surface area contributed by atoms with Crippen molar-refractivity contribution in [1.82, 2.24) is 4.90 Å². The molecule has 107 valence electrons. The number of alkyl halides is 1. The fraction of sp³-hybridized carbons (Fsp3) is 0.312. The minimum absolute atomic E-state index is 0. The third-order valence-electron chi connectivity index (χ3n) is 3.00. The van der Waals surface area contributed by atoms with Crippen LogP contribution in [-0.4, -0.2) is 29.8 Å². The first-order valence-corrected chi connectivity index (χ1v) is 6.72. The number of amides is 1. The summed E-state index contributed by atoms with van der Waals surface area (Å²) in [4.78, 5) is 13.4. The van der Waals surface area contributed by atoms with Crippen LogP contribution in [0.5, 0.6) is 5.75 Å². The number of ether oxygens (including phenoxy) is 1. The van der Waals surface area contributed by atoms with Crippen LogP contribution in [0.4, 0.5) is 0 Å². The number of hydrogen-bond donors (Lipinski definition) is 0. The van der Waals surface area contributed by atoms with E-state index in [9.17, 15) is 4.79 Å². The average Bonchev–Trinajstić information content (AvgIpc) is 2.46. The molecular formula is C16H15ClNO2Y-. The molecule has 21 heavy (non-hydrogen) atoms. The fourth-order valence-electron chi connectivity index (χ4n) is 1.91. The van der Waals surface area contributed by atoms with E-state index in [1.807, 2.05) is 24.3 Å². The van der Waals surface area contributed by atoms with Gasteiger partial charge in [-0.1, -0.05) is 12.3 Å². The van der Waals surface area contributed by atoms with Crippen LogP contribution >= 0.6 is 11.6 Å². The molecule has 2 rings (SSSR count). The molecule has 1 heterocycles. The number of benzene rings is 1. The van der Waals surface area contributed by atoms with Gasteiger partial charge in [0.25, 0.3) is 0 Å². The molecule has 1 radical (unpaired) electrons. The van der Waals surface area contributed by atoms with E-state index in [-0.39, 0.29) is 38.6 Å². The SMILES string of the molecule is CC#CCOc1ccc(C2=[C-]CC(Cl)C(=O)N2C)cc1.[Y]. The first kappa shape index (κ1) is 18.2. The molecule has 1 aliphatic rings. The molecule has 0 aliphatic carbocycles. The van der Waals surface area contributed by atoms with Crippen LogP contribution in [0.15, 0.2) is 24.3 Å². The fourth-order valence-corrected chi connectivity index (χ4v) is 2.13. The first-order chi connectivity index (χ1) is 9.63. The molecule has 5 heteroatoms. The van der Waals surface area contributed by atoms with Crippen LogP contribution in [-0.2, 0) is 37.5 Å². The van der Waals surface area contributed by atoms with Crippen LogP contribution in [0.3, 0.4) is 0 Å². The van der Waals surface area contributed by atoms with Gasteiger partial charge in [-0.3, -0.25) is 4.79 Å². The third kappa shape index (κ3) is 4.58. The molecule has 0 spiro atoms. The van der Waals surface area contributed by atoms with Crippen molar-refractivity contribution in [3.05, 3.63) is 35.9 Å². The van der Waals surface area contributed by atoms with Crippen LogP contribution < -0.4 is 4.74 Å². The molecule has 1 aliphatic heterocycles. The van der Waals surface area contributed by atoms with Crippen LogP contribution in [0.25, 0.3) is 5.70 Å². The Bertz CT molecular complexity index is 587. The Morgan fingerprint density at radius 2 is 2.10 bits per heavy atom. The first-order valence-electron chi connectivity index (χ1n) is 6.28. The van der Waals surface area contributed by atoms with E-state index in [1.165, 1.54) is 0 Å². The summed E-state index contributed by atoms with van der Waals surface area (Å²) in [5.41, 5.74) is 1.67. The van der Waals surface area contributed by atoms with Crippen LogP contribution in [0.2, 0.25) is 0 Å². The Hall–Kier alpha value is -0.816. The summed E-state index contributed by atoms with van der Waals surface area (Å²) in [5, 5.41) is -0.515. The van der Waals surface area contributed by atoms with Crippen molar-refractivity contribution in [3.8, 4) is 17.6 Å². The molecule has 0 aromatic heterocycles. The van der Waals surface area contributed by atoms with Gasteiger partial charge in [0.1, 0.15) is 17.7 Å². The average molecular weight is 378 g/mol. The second-order valence-electron chi connectivity index (χ2n) is 4.33. The Morgan fingerprint density at radius 1 is 1.43 bits per heavy atom. The molecular weight excluding hydrogens is 363 g/mol. The van der Waals surface area contributed by atoms with Gasteiger partial charge in [-0.25, -0.2) is 6.08 Å². The van der Waals surface area contributed by atoms with E-state index in [0.29, 0.717) is 13.0 Å². The van der Waals surface area contributed by atoms with Crippen LogP contribution in [0.1, 0.15) is 18.9 Å². The third-order valence-corrected chi connectivity index (χ3v) is 3.34. The second kappa shape index (κ2) is 8.58.